The number of piperazine rings is 1. The minimum atomic E-state index is -0.542. The van der Waals surface area contributed by atoms with Gasteiger partial charge in [0, 0.05) is 45.5 Å². The molecular formula is C27H35N3O3. The number of ether oxygens (including phenoxy) is 1. The average Bonchev–Trinajstić information content (AvgIpc) is 2.83. The Morgan fingerprint density at radius 3 is 2.39 bits per heavy atom. The zero-order valence-corrected chi connectivity index (χ0v) is 20.2. The second kappa shape index (κ2) is 9.65. The van der Waals surface area contributed by atoms with Crippen molar-refractivity contribution >= 4 is 11.8 Å². The average molecular weight is 450 g/mol. The van der Waals surface area contributed by atoms with Crippen LogP contribution >= 0.6 is 0 Å². The Morgan fingerprint density at radius 1 is 1.03 bits per heavy atom. The largest absolute Gasteiger partial charge is 0.381 e. The van der Waals surface area contributed by atoms with Crippen LogP contribution in [0.2, 0.25) is 0 Å². The van der Waals surface area contributed by atoms with Gasteiger partial charge in [-0.2, -0.15) is 0 Å². The summed E-state index contributed by atoms with van der Waals surface area (Å²) in [4.78, 5) is 30.7. The van der Waals surface area contributed by atoms with E-state index < -0.39 is 5.41 Å². The zero-order valence-electron chi connectivity index (χ0n) is 20.2. The van der Waals surface area contributed by atoms with E-state index in [0.717, 1.165) is 17.7 Å². The molecule has 0 aliphatic carbocycles. The van der Waals surface area contributed by atoms with Crippen molar-refractivity contribution in [3.8, 4) is 0 Å². The van der Waals surface area contributed by atoms with Gasteiger partial charge < -0.3 is 15.0 Å². The lowest BCUT2D eigenvalue weighted by atomic mass is 9.72. The van der Waals surface area contributed by atoms with Crippen LogP contribution in [-0.2, 0) is 14.9 Å². The lowest BCUT2D eigenvalue weighted by molar-refractivity contribution is -0.144. The monoisotopic (exact) mass is 449 g/mol. The van der Waals surface area contributed by atoms with Crippen LogP contribution in [0.1, 0.15) is 51.5 Å². The standard InChI is InChI=1S/C27H35N3O3/c1-19-14-20(2)16-23(15-19)27(8-12-33-13-9-27)26(32)30-11-10-29(4)24(18-30)21-6-5-7-22(17-21)25(31)28-3/h5-7,14-17,24H,8-13,18H2,1-4H3,(H,28,31)/t24-/m1/s1. The smallest absolute Gasteiger partial charge is 0.251 e. The minimum absolute atomic E-state index is 0.0449. The number of nitrogens with one attached hydrogen (secondary N) is 1. The Morgan fingerprint density at radius 2 is 1.73 bits per heavy atom. The van der Waals surface area contributed by atoms with Gasteiger partial charge in [0.25, 0.3) is 5.91 Å². The summed E-state index contributed by atoms with van der Waals surface area (Å²) in [5, 5.41) is 2.70. The normalized spacial score (nSPS) is 21.0. The molecule has 1 N–H and O–H groups in total. The summed E-state index contributed by atoms with van der Waals surface area (Å²) in [6, 6.07) is 14.3. The first kappa shape index (κ1) is 23.5. The first-order chi connectivity index (χ1) is 15.8. The van der Waals surface area contributed by atoms with Gasteiger partial charge in [0.2, 0.25) is 5.91 Å². The molecule has 1 atom stereocenters. The van der Waals surface area contributed by atoms with E-state index in [2.05, 4.69) is 55.4 Å². The van der Waals surface area contributed by atoms with Gasteiger partial charge in [-0.05, 0) is 57.0 Å². The lowest BCUT2D eigenvalue weighted by Crippen LogP contribution is -2.56. The molecule has 6 heteroatoms. The zero-order chi connectivity index (χ0) is 23.6. The fourth-order valence-corrected chi connectivity index (χ4v) is 5.35. The Labute approximate surface area is 196 Å². The molecule has 0 aromatic heterocycles. The van der Waals surface area contributed by atoms with Crippen LogP contribution < -0.4 is 5.32 Å². The van der Waals surface area contributed by atoms with Crippen molar-refractivity contribution in [3.05, 3.63) is 70.3 Å². The van der Waals surface area contributed by atoms with Gasteiger partial charge in [-0.1, -0.05) is 41.5 Å². The molecular weight excluding hydrogens is 414 g/mol. The maximum Gasteiger partial charge on any atom is 0.251 e. The van der Waals surface area contributed by atoms with Gasteiger partial charge in [0.1, 0.15) is 0 Å². The van der Waals surface area contributed by atoms with Gasteiger partial charge in [-0.3, -0.25) is 14.5 Å². The van der Waals surface area contributed by atoms with Crippen LogP contribution in [0.3, 0.4) is 0 Å². The van der Waals surface area contributed by atoms with E-state index in [0.29, 0.717) is 44.7 Å². The molecule has 2 aromatic carbocycles. The Kier molecular flexibility index (Phi) is 6.86. The van der Waals surface area contributed by atoms with Gasteiger partial charge in [0.05, 0.1) is 11.5 Å². The molecule has 2 aromatic rings. The molecule has 2 amide bonds. The minimum Gasteiger partial charge on any atom is -0.381 e. The molecule has 2 aliphatic heterocycles. The third-order valence-corrected chi connectivity index (χ3v) is 7.23. The van der Waals surface area contributed by atoms with Gasteiger partial charge in [-0.15, -0.1) is 0 Å². The van der Waals surface area contributed by atoms with Gasteiger partial charge in [-0.25, -0.2) is 0 Å². The molecule has 0 unspecified atom stereocenters. The first-order valence-corrected chi connectivity index (χ1v) is 11.8. The van der Waals surface area contributed by atoms with E-state index in [1.807, 2.05) is 23.1 Å². The molecule has 2 heterocycles. The van der Waals surface area contributed by atoms with Crippen LogP contribution in [0.25, 0.3) is 0 Å². The molecule has 176 valence electrons. The molecule has 2 aliphatic rings. The Balaban J connectivity index is 1.65. The number of hydrogen-bond acceptors (Lipinski definition) is 4. The molecule has 0 saturated carbocycles. The van der Waals surface area contributed by atoms with E-state index in [1.165, 1.54) is 11.1 Å². The van der Waals surface area contributed by atoms with Gasteiger partial charge >= 0.3 is 0 Å². The number of nitrogens with zero attached hydrogens (tertiary/aromatic N) is 2. The molecule has 2 saturated heterocycles. The highest BCUT2D eigenvalue weighted by Gasteiger charge is 2.45. The molecule has 0 spiro atoms. The summed E-state index contributed by atoms with van der Waals surface area (Å²) >= 11 is 0. The van der Waals surface area contributed by atoms with E-state index in [9.17, 15) is 9.59 Å². The summed E-state index contributed by atoms with van der Waals surface area (Å²) < 4.78 is 5.68. The van der Waals surface area contributed by atoms with Crippen molar-refractivity contribution in [1.82, 2.24) is 15.1 Å². The van der Waals surface area contributed by atoms with Crippen LogP contribution in [0.4, 0.5) is 0 Å². The van der Waals surface area contributed by atoms with Crippen LogP contribution in [0.15, 0.2) is 42.5 Å². The van der Waals surface area contributed by atoms with E-state index in [-0.39, 0.29) is 17.9 Å². The second-order valence-corrected chi connectivity index (χ2v) is 9.52. The number of likely N-dealkylation sites (N-methyl/N-ethyl adjacent to an activating group) is 1. The fourth-order valence-electron chi connectivity index (χ4n) is 5.35. The first-order valence-electron chi connectivity index (χ1n) is 11.8. The number of rotatable bonds is 4. The highest BCUT2D eigenvalue weighted by molar-refractivity contribution is 5.94. The summed E-state index contributed by atoms with van der Waals surface area (Å²) in [5.41, 5.74) is 4.65. The number of benzene rings is 2. The van der Waals surface area contributed by atoms with Crippen LogP contribution in [0.5, 0.6) is 0 Å². The van der Waals surface area contributed by atoms with Gasteiger partial charge in [0.15, 0.2) is 0 Å². The second-order valence-electron chi connectivity index (χ2n) is 9.52. The van der Waals surface area contributed by atoms with Crippen LogP contribution in [0, 0.1) is 13.8 Å². The predicted octanol–water partition coefficient (Wildman–Crippen LogP) is 3.23. The number of carbonyl (C=O) groups excluding carboxylic acids is 2. The quantitative estimate of drug-likeness (QED) is 0.779. The van der Waals surface area contributed by atoms with E-state index in [1.54, 1.807) is 7.05 Å². The van der Waals surface area contributed by atoms with Crippen molar-refractivity contribution in [1.29, 1.82) is 0 Å². The van der Waals surface area contributed by atoms with Crippen molar-refractivity contribution in [2.75, 3.05) is 46.9 Å². The number of aryl methyl sites for hydroxylation is 2. The van der Waals surface area contributed by atoms with Crippen molar-refractivity contribution < 1.29 is 14.3 Å². The molecule has 0 radical (unpaired) electrons. The maximum absolute atomic E-state index is 14.2. The fraction of sp³-hybridized carbons (Fsp3) is 0.481. The van der Waals surface area contributed by atoms with E-state index in [4.69, 9.17) is 4.74 Å². The molecule has 33 heavy (non-hydrogen) atoms. The Hall–Kier alpha value is -2.70. The third kappa shape index (κ3) is 4.68. The third-order valence-electron chi connectivity index (χ3n) is 7.23. The lowest BCUT2D eigenvalue weighted by Gasteiger charge is -2.45. The maximum atomic E-state index is 14.2. The molecule has 4 rings (SSSR count). The Bertz CT molecular complexity index is 1010. The van der Waals surface area contributed by atoms with E-state index >= 15 is 0 Å². The van der Waals surface area contributed by atoms with Crippen LogP contribution in [-0.4, -0.2) is 68.6 Å². The SMILES string of the molecule is CNC(=O)c1cccc([C@H]2CN(C(=O)C3(c4cc(C)cc(C)c4)CCOCC3)CCN2C)c1. The summed E-state index contributed by atoms with van der Waals surface area (Å²) in [7, 11) is 3.73. The molecule has 6 nitrogen and oxygen atoms in total. The highest BCUT2D eigenvalue weighted by Crippen LogP contribution is 2.39. The predicted molar refractivity (Wildman–Crippen MR) is 129 cm³/mol. The number of hydrogen-bond donors (Lipinski definition) is 1. The number of carbonyl (C=O) groups is 2. The summed E-state index contributed by atoms with van der Waals surface area (Å²) in [6.45, 7) is 7.50. The number of amides is 2. The summed E-state index contributed by atoms with van der Waals surface area (Å²) in [6.07, 6.45) is 1.41. The van der Waals surface area contributed by atoms with Crippen molar-refractivity contribution in [2.24, 2.45) is 0 Å². The molecule has 0 bridgehead atoms. The summed E-state index contributed by atoms with van der Waals surface area (Å²) in [5.74, 6) is 0.107. The van der Waals surface area contributed by atoms with Crippen molar-refractivity contribution in [2.45, 2.75) is 38.1 Å². The topological polar surface area (TPSA) is 61.9 Å². The molecule has 2 fully saturated rings. The van der Waals surface area contributed by atoms with Crippen molar-refractivity contribution in [3.63, 3.8) is 0 Å². The highest BCUT2D eigenvalue weighted by atomic mass is 16.5.